The summed E-state index contributed by atoms with van der Waals surface area (Å²) in [5, 5.41) is 10.6. The van der Waals surface area contributed by atoms with Crippen molar-refractivity contribution in [2.75, 3.05) is 18.6 Å². The van der Waals surface area contributed by atoms with Gasteiger partial charge in [-0.1, -0.05) is 0 Å². The number of nitrogens with zero attached hydrogens (tertiary/aromatic N) is 2. The maximum Gasteiger partial charge on any atom is 0.293 e. The summed E-state index contributed by atoms with van der Waals surface area (Å²) in [5.41, 5.74) is 0.374. The number of nitro benzene ring substituents is 1. The molecule has 1 aromatic rings. The van der Waals surface area contributed by atoms with E-state index in [1.807, 2.05) is 11.8 Å². The molecule has 0 aromatic heterocycles. The Morgan fingerprint density at radius 1 is 1.48 bits per heavy atom. The van der Waals surface area contributed by atoms with Crippen LogP contribution >= 0.6 is 11.6 Å². The van der Waals surface area contributed by atoms with E-state index >= 15 is 0 Å². The van der Waals surface area contributed by atoms with Crippen molar-refractivity contribution in [1.29, 1.82) is 0 Å². The normalized spacial score (nSPS) is 18.4. The number of carbonyl (C=O) groups excluding carboxylic acids is 1. The topological polar surface area (TPSA) is 72.7 Å². The second-order valence-corrected chi connectivity index (χ2v) is 5.45. The molecule has 0 unspecified atom stereocenters. The van der Waals surface area contributed by atoms with E-state index in [4.69, 9.17) is 16.3 Å². The largest absolute Gasteiger partial charge is 0.496 e. The molecule has 1 aliphatic rings. The van der Waals surface area contributed by atoms with Gasteiger partial charge in [0.05, 0.1) is 17.6 Å². The average molecular weight is 313 g/mol. The fourth-order valence-corrected chi connectivity index (χ4v) is 2.86. The van der Waals surface area contributed by atoms with Gasteiger partial charge >= 0.3 is 0 Å². The maximum atomic E-state index is 11.4. The highest BCUT2D eigenvalue weighted by atomic mass is 35.5. The van der Waals surface area contributed by atoms with Gasteiger partial charge in [-0.15, -0.1) is 0 Å². The third-order valence-corrected chi connectivity index (χ3v) is 4.02. The van der Waals surface area contributed by atoms with Gasteiger partial charge in [0.25, 0.3) is 10.9 Å². The second-order valence-electron chi connectivity index (χ2n) is 5.11. The SMILES string of the molecule is COc1cc(N2CCCC[C@@H]2C)c([N+](=O)[O-])cc1C(=O)Cl. The number of benzene rings is 1. The molecular formula is C14H17ClN2O4. The van der Waals surface area contributed by atoms with Crippen molar-refractivity contribution in [1.82, 2.24) is 0 Å². The molecule has 0 amide bonds. The molecule has 21 heavy (non-hydrogen) atoms. The van der Waals surface area contributed by atoms with Crippen molar-refractivity contribution in [3.8, 4) is 5.75 Å². The van der Waals surface area contributed by atoms with Crippen LogP contribution in [0.2, 0.25) is 0 Å². The van der Waals surface area contributed by atoms with E-state index < -0.39 is 10.2 Å². The Bertz CT molecular complexity index is 576. The van der Waals surface area contributed by atoms with Gasteiger partial charge in [0.2, 0.25) is 0 Å². The number of hydrogen-bond donors (Lipinski definition) is 0. The molecule has 7 heteroatoms. The zero-order valence-electron chi connectivity index (χ0n) is 12.0. The molecule has 0 N–H and O–H groups in total. The Labute approximate surface area is 127 Å². The lowest BCUT2D eigenvalue weighted by Gasteiger charge is -2.35. The minimum Gasteiger partial charge on any atom is -0.496 e. The minimum atomic E-state index is -0.770. The summed E-state index contributed by atoms with van der Waals surface area (Å²) in [5.74, 6) is 0.258. The van der Waals surface area contributed by atoms with Crippen LogP contribution in [0.3, 0.4) is 0 Å². The second kappa shape index (κ2) is 6.30. The highest BCUT2D eigenvalue weighted by Crippen LogP contribution is 2.38. The maximum absolute atomic E-state index is 11.4. The van der Waals surface area contributed by atoms with Gasteiger partial charge in [0.1, 0.15) is 11.4 Å². The monoisotopic (exact) mass is 312 g/mol. The Hall–Kier alpha value is -1.82. The molecule has 1 fully saturated rings. The summed E-state index contributed by atoms with van der Waals surface area (Å²) in [6.07, 6.45) is 3.08. The van der Waals surface area contributed by atoms with Crippen LogP contribution in [-0.4, -0.2) is 29.9 Å². The molecule has 1 heterocycles. The first kappa shape index (κ1) is 15.6. The number of piperidine rings is 1. The van der Waals surface area contributed by atoms with Crippen molar-refractivity contribution in [3.63, 3.8) is 0 Å². The molecule has 0 aliphatic carbocycles. The number of ether oxygens (including phenoxy) is 1. The van der Waals surface area contributed by atoms with E-state index in [0.29, 0.717) is 5.69 Å². The zero-order valence-corrected chi connectivity index (χ0v) is 12.7. The summed E-state index contributed by atoms with van der Waals surface area (Å²) in [6.45, 7) is 2.79. The first-order valence-electron chi connectivity index (χ1n) is 6.78. The van der Waals surface area contributed by atoms with Gasteiger partial charge in [-0.3, -0.25) is 14.9 Å². The third kappa shape index (κ3) is 3.10. The van der Waals surface area contributed by atoms with E-state index in [2.05, 4.69) is 0 Å². The fraction of sp³-hybridized carbons (Fsp3) is 0.500. The number of halogens is 1. The highest BCUT2D eigenvalue weighted by Gasteiger charge is 2.28. The van der Waals surface area contributed by atoms with Crippen LogP contribution < -0.4 is 9.64 Å². The smallest absolute Gasteiger partial charge is 0.293 e. The molecule has 0 saturated carbocycles. The fourth-order valence-electron chi connectivity index (χ4n) is 2.71. The number of carbonyl (C=O) groups is 1. The summed E-state index contributed by atoms with van der Waals surface area (Å²) in [6, 6.07) is 2.94. The van der Waals surface area contributed by atoms with E-state index in [1.54, 1.807) is 0 Å². The van der Waals surface area contributed by atoms with Crippen LogP contribution in [0, 0.1) is 10.1 Å². The molecule has 1 atom stereocenters. The van der Waals surface area contributed by atoms with Gasteiger partial charge in [0.15, 0.2) is 0 Å². The molecule has 0 bridgehead atoms. The van der Waals surface area contributed by atoms with Crippen molar-refractivity contribution in [2.45, 2.75) is 32.2 Å². The minimum absolute atomic E-state index is 0.0132. The predicted molar refractivity (Wildman–Crippen MR) is 80.5 cm³/mol. The van der Waals surface area contributed by atoms with Gasteiger partial charge < -0.3 is 9.64 Å². The Morgan fingerprint density at radius 3 is 2.71 bits per heavy atom. The molecule has 1 saturated heterocycles. The van der Waals surface area contributed by atoms with Crippen LogP contribution in [0.1, 0.15) is 36.5 Å². The Morgan fingerprint density at radius 2 is 2.19 bits per heavy atom. The van der Waals surface area contributed by atoms with Crippen molar-refractivity contribution in [2.24, 2.45) is 0 Å². The number of hydrogen-bond acceptors (Lipinski definition) is 5. The summed E-state index contributed by atoms with van der Waals surface area (Å²) >= 11 is 5.48. The number of nitro groups is 1. The van der Waals surface area contributed by atoms with Crippen LogP contribution in [0.25, 0.3) is 0 Å². The van der Waals surface area contributed by atoms with Crippen LogP contribution in [0.4, 0.5) is 11.4 Å². The van der Waals surface area contributed by atoms with Gasteiger partial charge in [-0.05, 0) is 37.8 Å². The van der Waals surface area contributed by atoms with Crippen LogP contribution in [0.15, 0.2) is 12.1 Å². The average Bonchev–Trinajstić information content (AvgIpc) is 2.46. The van der Waals surface area contributed by atoms with Gasteiger partial charge in [-0.2, -0.15) is 0 Å². The molecule has 0 spiro atoms. The molecule has 2 rings (SSSR count). The first-order chi connectivity index (χ1) is 9.95. The summed E-state index contributed by atoms with van der Waals surface area (Å²) in [4.78, 5) is 24.2. The lowest BCUT2D eigenvalue weighted by atomic mass is 10.0. The van der Waals surface area contributed by atoms with Gasteiger partial charge in [0, 0.05) is 24.7 Å². The van der Waals surface area contributed by atoms with Crippen molar-refractivity contribution in [3.05, 3.63) is 27.8 Å². The summed E-state index contributed by atoms with van der Waals surface area (Å²) in [7, 11) is 1.41. The standard InChI is InChI=1S/C14H17ClN2O4/c1-9-5-3-4-6-16(9)11-8-13(21-2)10(14(15)18)7-12(11)17(19)20/h7-9H,3-6H2,1-2H3/t9-/m0/s1. The molecule has 0 radical (unpaired) electrons. The number of anilines is 1. The van der Waals surface area contributed by atoms with E-state index in [1.165, 1.54) is 19.2 Å². The third-order valence-electron chi connectivity index (χ3n) is 3.82. The quantitative estimate of drug-likeness (QED) is 0.484. The van der Waals surface area contributed by atoms with Crippen LogP contribution in [0.5, 0.6) is 5.75 Å². The predicted octanol–water partition coefficient (Wildman–Crippen LogP) is 3.36. The lowest BCUT2D eigenvalue weighted by Crippen LogP contribution is -2.37. The zero-order chi connectivity index (χ0) is 15.6. The lowest BCUT2D eigenvalue weighted by molar-refractivity contribution is -0.384. The number of rotatable bonds is 4. The van der Waals surface area contributed by atoms with E-state index in [-0.39, 0.29) is 23.0 Å². The molecule has 1 aromatic carbocycles. The molecule has 114 valence electrons. The Balaban J connectivity index is 2.57. The van der Waals surface area contributed by atoms with Crippen LogP contribution in [-0.2, 0) is 0 Å². The van der Waals surface area contributed by atoms with Gasteiger partial charge in [-0.25, -0.2) is 0 Å². The van der Waals surface area contributed by atoms with E-state index in [9.17, 15) is 14.9 Å². The molecular weight excluding hydrogens is 296 g/mol. The van der Waals surface area contributed by atoms with Crippen molar-refractivity contribution < 1.29 is 14.5 Å². The first-order valence-corrected chi connectivity index (χ1v) is 7.16. The molecule has 1 aliphatic heterocycles. The highest BCUT2D eigenvalue weighted by molar-refractivity contribution is 6.68. The van der Waals surface area contributed by atoms with E-state index in [0.717, 1.165) is 25.8 Å². The Kier molecular flexibility index (Phi) is 4.67. The molecule has 6 nitrogen and oxygen atoms in total. The number of methoxy groups -OCH3 is 1. The van der Waals surface area contributed by atoms with Crippen molar-refractivity contribution >= 4 is 28.2 Å². The summed E-state index contributed by atoms with van der Waals surface area (Å²) < 4.78 is 5.15.